The number of rotatable bonds is 7. The van der Waals surface area contributed by atoms with E-state index in [9.17, 15) is 4.79 Å². The number of halogens is 1. The van der Waals surface area contributed by atoms with Crippen molar-refractivity contribution < 1.29 is 4.79 Å². The first kappa shape index (κ1) is 14.9. The topological polar surface area (TPSA) is 20.3 Å². The van der Waals surface area contributed by atoms with Crippen LogP contribution in [-0.2, 0) is 4.79 Å². The Morgan fingerprint density at radius 1 is 1.27 bits per heavy atom. The second-order valence-corrected chi connectivity index (χ2v) is 5.37. The van der Waals surface area contributed by atoms with Crippen LogP contribution in [0.4, 0.5) is 0 Å². The van der Waals surface area contributed by atoms with Crippen LogP contribution >= 0.6 is 15.9 Å². The predicted octanol–water partition coefficient (Wildman–Crippen LogP) is 3.45. The highest BCUT2D eigenvalue weighted by Gasteiger charge is 2.29. The van der Waals surface area contributed by atoms with Gasteiger partial charge in [0, 0.05) is 23.8 Å². The summed E-state index contributed by atoms with van der Waals surface area (Å²) in [5.74, 6) is 0.290. The lowest BCUT2D eigenvalue weighted by molar-refractivity contribution is -0.140. The van der Waals surface area contributed by atoms with Gasteiger partial charge in [0.25, 0.3) is 0 Å². The zero-order chi connectivity index (χ0) is 11.9. The average molecular weight is 278 g/mol. The maximum atomic E-state index is 12.2. The van der Waals surface area contributed by atoms with Gasteiger partial charge in [-0.15, -0.1) is 0 Å². The molecule has 0 aromatic heterocycles. The van der Waals surface area contributed by atoms with Gasteiger partial charge in [-0.3, -0.25) is 4.79 Å². The summed E-state index contributed by atoms with van der Waals surface area (Å²) in [6.07, 6.45) is 3.13. The molecule has 0 heterocycles. The molecule has 2 nitrogen and oxygen atoms in total. The fourth-order valence-electron chi connectivity index (χ4n) is 1.35. The molecular formula is C12H24BrNO. The molecule has 0 radical (unpaired) electrons. The monoisotopic (exact) mass is 277 g/mol. The summed E-state index contributed by atoms with van der Waals surface area (Å²) in [7, 11) is 0. The minimum absolute atomic E-state index is 0.212. The van der Waals surface area contributed by atoms with Gasteiger partial charge >= 0.3 is 0 Å². The van der Waals surface area contributed by atoms with Crippen LogP contribution < -0.4 is 0 Å². The molecule has 0 N–H and O–H groups in total. The predicted molar refractivity (Wildman–Crippen MR) is 69.4 cm³/mol. The molecule has 15 heavy (non-hydrogen) atoms. The summed E-state index contributed by atoms with van der Waals surface area (Å²) < 4.78 is 0. The van der Waals surface area contributed by atoms with Gasteiger partial charge in [0.1, 0.15) is 0 Å². The van der Waals surface area contributed by atoms with Crippen molar-refractivity contribution in [2.45, 2.75) is 47.0 Å². The van der Waals surface area contributed by atoms with E-state index in [2.05, 4.69) is 29.8 Å². The third-order valence-electron chi connectivity index (χ3n) is 2.89. The van der Waals surface area contributed by atoms with Crippen LogP contribution in [0.15, 0.2) is 0 Å². The number of hydrogen-bond acceptors (Lipinski definition) is 1. The molecule has 0 aromatic carbocycles. The number of alkyl halides is 1. The van der Waals surface area contributed by atoms with E-state index in [0.29, 0.717) is 0 Å². The normalized spacial score (nSPS) is 11.5. The molecule has 0 spiro atoms. The van der Waals surface area contributed by atoms with Crippen LogP contribution in [-0.4, -0.2) is 29.2 Å². The third-order valence-corrected chi connectivity index (χ3v) is 3.24. The van der Waals surface area contributed by atoms with E-state index in [1.807, 2.05) is 18.7 Å². The Balaban J connectivity index is 4.40. The molecule has 3 heteroatoms. The number of carbonyl (C=O) groups is 1. The number of amides is 1. The Labute approximate surface area is 103 Å². The van der Waals surface area contributed by atoms with E-state index in [1.165, 1.54) is 0 Å². The van der Waals surface area contributed by atoms with Gasteiger partial charge in [-0.1, -0.05) is 50.0 Å². The fraction of sp³-hybridized carbons (Fsp3) is 0.917. The van der Waals surface area contributed by atoms with Crippen molar-refractivity contribution in [1.29, 1.82) is 0 Å². The molecule has 90 valence electrons. The van der Waals surface area contributed by atoms with Crippen molar-refractivity contribution in [3.05, 3.63) is 0 Å². The summed E-state index contributed by atoms with van der Waals surface area (Å²) in [4.78, 5) is 14.2. The van der Waals surface area contributed by atoms with Crippen molar-refractivity contribution in [2.24, 2.45) is 5.41 Å². The standard InChI is InChI=1S/C12H24BrNO/c1-5-7-9-14(10-8-13)11(15)12(3,4)6-2/h5-10H2,1-4H3. The van der Waals surface area contributed by atoms with Crippen molar-refractivity contribution in [3.63, 3.8) is 0 Å². The second kappa shape index (κ2) is 7.26. The third kappa shape index (κ3) is 5.01. The Morgan fingerprint density at radius 2 is 1.87 bits per heavy atom. The molecule has 0 aliphatic heterocycles. The van der Waals surface area contributed by atoms with Crippen LogP contribution in [0.3, 0.4) is 0 Å². The number of unbranched alkanes of at least 4 members (excludes halogenated alkanes) is 1. The van der Waals surface area contributed by atoms with Crippen molar-refractivity contribution in [1.82, 2.24) is 4.90 Å². The summed E-state index contributed by atoms with van der Waals surface area (Å²) >= 11 is 3.41. The van der Waals surface area contributed by atoms with Crippen LogP contribution in [0.2, 0.25) is 0 Å². The van der Waals surface area contributed by atoms with Crippen LogP contribution in [0.1, 0.15) is 47.0 Å². The van der Waals surface area contributed by atoms with Gasteiger partial charge in [-0.2, -0.15) is 0 Å². The molecule has 0 saturated carbocycles. The lowest BCUT2D eigenvalue weighted by Gasteiger charge is -2.31. The lowest BCUT2D eigenvalue weighted by Crippen LogP contribution is -2.42. The van der Waals surface area contributed by atoms with E-state index in [1.54, 1.807) is 0 Å². The Bertz CT molecular complexity index is 192. The fourth-order valence-corrected chi connectivity index (χ4v) is 1.77. The molecule has 0 unspecified atom stereocenters. The molecule has 0 bridgehead atoms. The molecule has 0 fully saturated rings. The molecule has 0 aromatic rings. The first-order valence-electron chi connectivity index (χ1n) is 5.85. The van der Waals surface area contributed by atoms with Crippen LogP contribution in [0, 0.1) is 5.41 Å². The highest BCUT2D eigenvalue weighted by atomic mass is 79.9. The lowest BCUT2D eigenvalue weighted by atomic mass is 9.88. The minimum Gasteiger partial charge on any atom is -0.341 e. The summed E-state index contributed by atoms with van der Waals surface area (Å²) in [6, 6.07) is 0. The van der Waals surface area contributed by atoms with E-state index in [4.69, 9.17) is 0 Å². The van der Waals surface area contributed by atoms with Crippen molar-refractivity contribution in [3.8, 4) is 0 Å². The largest absolute Gasteiger partial charge is 0.341 e. The summed E-state index contributed by atoms with van der Waals surface area (Å²) in [5, 5.41) is 0.863. The highest BCUT2D eigenvalue weighted by molar-refractivity contribution is 9.09. The summed E-state index contributed by atoms with van der Waals surface area (Å²) in [5.41, 5.74) is -0.212. The van der Waals surface area contributed by atoms with E-state index < -0.39 is 0 Å². The smallest absolute Gasteiger partial charge is 0.228 e. The van der Waals surface area contributed by atoms with Crippen LogP contribution in [0.25, 0.3) is 0 Å². The number of nitrogens with zero attached hydrogens (tertiary/aromatic N) is 1. The highest BCUT2D eigenvalue weighted by Crippen LogP contribution is 2.23. The Morgan fingerprint density at radius 3 is 2.27 bits per heavy atom. The first-order chi connectivity index (χ1) is 6.99. The molecular weight excluding hydrogens is 254 g/mol. The molecule has 0 saturated heterocycles. The van der Waals surface area contributed by atoms with Gasteiger partial charge in [0.15, 0.2) is 0 Å². The quantitative estimate of drug-likeness (QED) is 0.653. The molecule has 0 rings (SSSR count). The SMILES string of the molecule is CCCCN(CCBr)C(=O)C(C)(C)CC. The van der Waals surface area contributed by atoms with Gasteiger partial charge in [0.05, 0.1) is 0 Å². The number of hydrogen-bond donors (Lipinski definition) is 0. The molecule has 1 amide bonds. The molecule has 0 atom stereocenters. The Hall–Kier alpha value is -0.0500. The molecule has 0 aliphatic rings. The Kier molecular flexibility index (Phi) is 7.24. The van der Waals surface area contributed by atoms with Crippen molar-refractivity contribution in [2.75, 3.05) is 18.4 Å². The van der Waals surface area contributed by atoms with E-state index in [-0.39, 0.29) is 11.3 Å². The van der Waals surface area contributed by atoms with E-state index in [0.717, 1.165) is 37.7 Å². The van der Waals surface area contributed by atoms with Gasteiger partial charge in [0.2, 0.25) is 5.91 Å². The summed E-state index contributed by atoms with van der Waals surface area (Å²) in [6.45, 7) is 10.0. The van der Waals surface area contributed by atoms with Gasteiger partial charge in [-0.05, 0) is 12.8 Å². The van der Waals surface area contributed by atoms with Gasteiger partial charge < -0.3 is 4.90 Å². The van der Waals surface area contributed by atoms with Crippen LogP contribution in [0.5, 0.6) is 0 Å². The van der Waals surface area contributed by atoms with E-state index >= 15 is 0 Å². The zero-order valence-electron chi connectivity index (χ0n) is 10.5. The zero-order valence-corrected chi connectivity index (χ0v) is 12.1. The second-order valence-electron chi connectivity index (χ2n) is 4.57. The first-order valence-corrected chi connectivity index (χ1v) is 6.97. The minimum atomic E-state index is -0.212. The maximum Gasteiger partial charge on any atom is 0.228 e. The average Bonchev–Trinajstić information content (AvgIpc) is 2.23. The number of carbonyl (C=O) groups excluding carboxylic acids is 1. The molecule has 0 aliphatic carbocycles. The van der Waals surface area contributed by atoms with Crippen molar-refractivity contribution >= 4 is 21.8 Å². The maximum absolute atomic E-state index is 12.2. The van der Waals surface area contributed by atoms with Gasteiger partial charge in [-0.25, -0.2) is 0 Å².